The van der Waals surface area contributed by atoms with Crippen molar-refractivity contribution in [3.05, 3.63) is 66.9 Å². The number of fused-ring (bicyclic) bond motifs is 3. The zero-order valence-electron chi connectivity index (χ0n) is 10.5. The van der Waals surface area contributed by atoms with Crippen LogP contribution in [0.4, 0.5) is 4.39 Å². The molecule has 3 aromatic heterocycles. The van der Waals surface area contributed by atoms with Crippen LogP contribution in [0.2, 0.25) is 0 Å². The van der Waals surface area contributed by atoms with E-state index in [2.05, 4.69) is 9.97 Å². The zero-order chi connectivity index (χ0) is 13.5. The Hall–Kier alpha value is -2.75. The van der Waals surface area contributed by atoms with E-state index in [1.807, 2.05) is 35.0 Å². The van der Waals surface area contributed by atoms with Crippen molar-refractivity contribution in [2.75, 3.05) is 0 Å². The van der Waals surface area contributed by atoms with Crippen LogP contribution in [0.5, 0.6) is 0 Å². The summed E-state index contributed by atoms with van der Waals surface area (Å²) in [5.41, 5.74) is 3.37. The molecule has 0 atom stereocenters. The minimum absolute atomic E-state index is 0.246. The van der Waals surface area contributed by atoms with Gasteiger partial charge in [0, 0.05) is 29.5 Å². The van der Waals surface area contributed by atoms with Crippen molar-refractivity contribution in [3.8, 4) is 11.3 Å². The molecule has 4 aromatic rings. The molecule has 0 amide bonds. The second-order valence-electron chi connectivity index (χ2n) is 4.62. The predicted octanol–water partition coefficient (Wildman–Crippen LogP) is 3.69. The highest BCUT2D eigenvalue weighted by Crippen LogP contribution is 2.23. The number of halogens is 1. The van der Waals surface area contributed by atoms with Gasteiger partial charge in [0.25, 0.3) is 0 Å². The fourth-order valence-corrected chi connectivity index (χ4v) is 2.34. The van der Waals surface area contributed by atoms with Gasteiger partial charge in [0.15, 0.2) is 5.65 Å². The van der Waals surface area contributed by atoms with Crippen LogP contribution in [0.1, 0.15) is 0 Å². The van der Waals surface area contributed by atoms with Gasteiger partial charge < -0.3 is 4.40 Å². The van der Waals surface area contributed by atoms with Crippen molar-refractivity contribution >= 4 is 16.6 Å². The monoisotopic (exact) mass is 263 g/mol. The number of aromatic nitrogens is 3. The molecule has 0 fully saturated rings. The molecule has 0 saturated carbocycles. The van der Waals surface area contributed by atoms with Gasteiger partial charge in [-0.1, -0.05) is 6.07 Å². The van der Waals surface area contributed by atoms with Crippen molar-refractivity contribution < 1.29 is 4.39 Å². The summed E-state index contributed by atoms with van der Waals surface area (Å²) in [5.74, 6) is -0.246. The lowest BCUT2D eigenvalue weighted by molar-refractivity contribution is 0.628. The van der Waals surface area contributed by atoms with Gasteiger partial charge in [0.1, 0.15) is 11.3 Å². The highest BCUT2D eigenvalue weighted by Gasteiger charge is 2.08. The van der Waals surface area contributed by atoms with E-state index in [0.717, 1.165) is 27.8 Å². The van der Waals surface area contributed by atoms with Crippen molar-refractivity contribution in [2.24, 2.45) is 0 Å². The lowest BCUT2D eigenvalue weighted by Gasteiger charge is -1.97. The Morgan fingerprint density at radius 3 is 2.70 bits per heavy atom. The Morgan fingerprint density at radius 2 is 1.85 bits per heavy atom. The average Bonchev–Trinajstić information content (AvgIpc) is 2.92. The molecule has 0 unspecified atom stereocenters. The summed E-state index contributed by atoms with van der Waals surface area (Å²) in [6.07, 6.45) is 5.64. The molecule has 0 radical (unpaired) electrons. The summed E-state index contributed by atoms with van der Waals surface area (Å²) in [4.78, 5) is 9.01. The van der Waals surface area contributed by atoms with Crippen molar-refractivity contribution in [1.29, 1.82) is 0 Å². The normalized spacial score (nSPS) is 11.2. The summed E-state index contributed by atoms with van der Waals surface area (Å²) in [6.45, 7) is 0. The lowest BCUT2D eigenvalue weighted by atomic mass is 10.2. The molecule has 4 heteroatoms. The molecule has 0 aliphatic heterocycles. The second-order valence-corrected chi connectivity index (χ2v) is 4.62. The second kappa shape index (κ2) is 4.13. The van der Waals surface area contributed by atoms with Crippen LogP contribution in [0.3, 0.4) is 0 Å². The molecule has 0 bridgehead atoms. The summed E-state index contributed by atoms with van der Waals surface area (Å²) < 4.78 is 14.9. The van der Waals surface area contributed by atoms with Crippen molar-refractivity contribution in [2.45, 2.75) is 0 Å². The summed E-state index contributed by atoms with van der Waals surface area (Å²) in [7, 11) is 0. The molecule has 20 heavy (non-hydrogen) atoms. The Bertz CT molecular complexity index is 910. The summed E-state index contributed by atoms with van der Waals surface area (Å²) in [5, 5.41) is 1.05. The van der Waals surface area contributed by atoms with Gasteiger partial charge in [0.2, 0.25) is 0 Å². The molecule has 4 rings (SSSR count). The molecule has 0 spiro atoms. The van der Waals surface area contributed by atoms with E-state index in [9.17, 15) is 4.39 Å². The SMILES string of the molecule is Fc1ccc(-c2cn3ccc4cccnc4c3n2)cc1. The molecule has 3 nitrogen and oxygen atoms in total. The molecular weight excluding hydrogens is 253 g/mol. The van der Waals surface area contributed by atoms with Crippen LogP contribution in [0, 0.1) is 5.82 Å². The molecule has 1 aromatic carbocycles. The number of benzene rings is 1. The molecule has 96 valence electrons. The third-order valence-electron chi connectivity index (χ3n) is 3.34. The van der Waals surface area contributed by atoms with E-state index < -0.39 is 0 Å². The minimum Gasteiger partial charge on any atom is -0.305 e. The van der Waals surface area contributed by atoms with Gasteiger partial charge >= 0.3 is 0 Å². The zero-order valence-corrected chi connectivity index (χ0v) is 10.5. The van der Waals surface area contributed by atoms with Crippen LogP contribution in [0.15, 0.2) is 61.1 Å². The maximum atomic E-state index is 13.0. The van der Waals surface area contributed by atoms with Crippen LogP contribution in [-0.4, -0.2) is 14.4 Å². The van der Waals surface area contributed by atoms with Crippen LogP contribution in [0.25, 0.3) is 27.8 Å². The van der Waals surface area contributed by atoms with Crippen molar-refractivity contribution in [1.82, 2.24) is 14.4 Å². The number of hydrogen-bond donors (Lipinski definition) is 0. The molecule has 0 saturated heterocycles. The Balaban J connectivity index is 1.98. The smallest absolute Gasteiger partial charge is 0.164 e. The Morgan fingerprint density at radius 1 is 1.00 bits per heavy atom. The maximum Gasteiger partial charge on any atom is 0.164 e. The molecular formula is C16H10FN3. The first-order chi connectivity index (χ1) is 9.81. The first-order valence-electron chi connectivity index (χ1n) is 6.30. The third kappa shape index (κ3) is 1.66. The summed E-state index contributed by atoms with van der Waals surface area (Å²) >= 11 is 0. The van der Waals surface area contributed by atoms with E-state index in [4.69, 9.17) is 0 Å². The number of nitrogens with zero attached hydrogens (tertiary/aromatic N) is 3. The molecule has 0 aliphatic rings. The van der Waals surface area contributed by atoms with E-state index in [0.29, 0.717) is 0 Å². The highest BCUT2D eigenvalue weighted by molar-refractivity contribution is 5.90. The number of rotatable bonds is 1. The van der Waals surface area contributed by atoms with E-state index in [-0.39, 0.29) is 5.82 Å². The van der Waals surface area contributed by atoms with Crippen LogP contribution >= 0.6 is 0 Å². The van der Waals surface area contributed by atoms with E-state index in [1.165, 1.54) is 12.1 Å². The highest BCUT2D eigenvalue weighted by atomic mass is 19.1. The van der Waals surface area contributed by atoms with Gasteiger partial charge in [-0.15, -0.1) is 0 Å². The van der Waals surface area contributed by atoms with Gasteiger partial charge in [-0.3, -0.25) is 4.98 Å². The molecule has 3 heterocycles. The Kier molecular flexibility index (Phi) is 2.29. The largest absolute Gasteiger partial charge is 0.305 e. The Labute approximate surface area is 114 Å². The number of hydrogen-bond acceptors (Lipinski definition) is 2. The lowest BCUT2D eigenvalue weighted by Crippen LogP contribution is -1.86. The van der Waals surface area contributed by atoms with E-state index >= 15 is 0 Å². The quantitative estimate of drug-likeness (QED) is 0.524. The van der Waals surface area contributed by atoms with Gasteiger partial charge in [-0.05, 0) is 36.4 Å². The first kappa shape index (κ1) is 11.1. The van der Waals surface area contributed by atoms with Gasteiger partial charge in [-0.25, -0.2) is 9.37 Å². The topological polar surface area (TPSA) is 30.2 Å². The van der Waals surface area contributed by atoms with Crippen LogP contribution < -0.4 is 0 Å². The fourth-order valence-electron chi connectivity index (χ4n) is 2.34. The first-order valence-corrected chi connectivity index (χ1v) is 6.30. The van der Waals surface area contributed by atoms with Gasteiger partial charge in [0.05, 0.1) is 5.69 Å². The van der Waals surface area contributed by atoms with Crippen molar-refractivity contribution in [3.63, 3.8) is 0 Å². The van der Waals surface area contributed by atoms with Gasteiger partial charge in [-0.2, -0.15) is 0 Å². The molecule has 0 N–H and O–H groups in total. The third-order valence-corrected chi connectivity index (χ3v) is 3.34. The summed E-state index contributed by atoms with van der Waals surface area (Å²) in [6, 6.07) is 12.3. The minimum atomic E-state index is -0.246. The standard InChI is InChI=1S/C16H10FN3/c17-13-5-3-11(4-6-13)14-10-20-9-7-12-2-1-8-18-15(12)16(20)19-14/h1-10H. The number of pyridine rings is 2. The number of imidazole rings is 1. The van der Waals surface area contributed by atoms with E-state index in [1.54, 1.807) is 18.3 Å². The fraction of sp³-hybridized carbons (Fsp3) is 0. The predicted molar refractivity (Wildman–Crippen MR) is 75.9 cm³/mol. The molecule has 0 aliphatic carbocycles. The average molecular weight is 263 g/mol. The maximum absolute atomic E-state index is 13.0. The van der Waals surface area contributed by atoms with Crippen LogP contribution in [-0.2, 0) is 0 Å².